The first-order valence-corrected chi connectivity index (χ1v) is 6.93. The van der Waals surface area contributed by atoms with Crippen molar-refractivity contribution in [1.29, 1.82) is 0 Å². The molecule has 0 spiro atoms. The Labute approximate surface area is 133 Å². The molecule has 22 heavy (non-hydrogen) atoms. The summed E-state index contributed by atoms with van der Waals surface area (Å²) in [4.78, 5) is 10.7. The van der Waals surface area contributed by atoms with Crippen molar-refractivity contribution in [1.82, 2.24) is 0 Å². The Morgan fingerprint density at radius 3 is 2.73 bits per heavy atom. The van der Waals surface area contributed by atoms with Crippen molar-refractivity contribution in [3.05, 3.63) is 64.7 Å². The van der Waals surface area contributed by atoms with Crippen molar-refractivity contribution < 1.29 is 19.4 Å². The third-order valence-corrected chi connectivity index (χ3v) is 3.34. The molecule has 0 aliphatic heterocycles. The zero-order chi connectivity index (χ0) is 15.9. The van der Waals surface area contributed by atoms with E-state index in [1.807, 2.05) is 18.2 Å². The molecule has 2 aromatic carbocycles. The highest BCUT2D eigenvalue weighted by Crippen LogP contribution is 2.27. The number of aliphatic carboxylic acids is 1. The van der Waals surface area contributed by atoms with Crippen LogP contribution in [0.1, 0.15) is 11.1 Å². The molecule has 0 amide bonds. The van der Waals surface area contributed by atoms with Crippen LogP contribution in [0.3, 0.4) is 0 Å². The lowest BCUT2D eigenvalue weighted by Gasteiger charge is -2.12. The molecular formula is C17H15ClO4. The minimum atomic E-state index is -1.02. The second kappa shape index (κ2) is 7.52. The quantitative estimate of drug-likeness (QED) is 0.817. The van der Waals surface area contributed by atoms with Crippen LogP contribution in [0, 0.1) is 0 Å². The third-order valence-electron chi connectivity index (χ3n) is 2.97. The monoisotopic (exact) mass is 318 g/mol. The van der Waals surface area contributed by atoms with Crippen molar-refractivity contribution in [2.24, 2.45) is 0 Å². The normalized spacial score (nSPS) is 10.6. The summed E-state index contributed by atoms with van der Waals surface area (Å²) >= 11 is 6.10. The van der Waals surface area contributed by atoms with Gasteiger partial charge in [-0.3, -0.25) is 0 Å². The van der Waals surface area contributed by atoms with E-state index in [4.69, 9.17) is 26.2 Å². The number of ether oxygens (including phenoxy) is 2. The summed E-state index contributed by atoms with van der Waals surface area (Å²) in [6.45, 7) is 0.279. The molecule has 0 aliphatic carbocycles. The number of carbonyl (C=O) groups is 1. The highest BCUT2D eigenvalue weighted by molar-refractivity contribution is 6.31. The van der Waals surface area contributed by atoms with Crippen LogP contribution in [0.25, 0.3) is 6.08 Å². The lowest BCUT2D eigenvalue weighted by molar-refractivity contribution is -0.131. The zero-order valence-electron chi connectivity index (χ0n) is 12.0. The lowest BCUT2D eigenvalue weighted by Crippen LogP contribution is -1.98. The topological polar surface area (TPSA) is 55.8 Å². The SMILES string of the molecule is COc1ccc(C=CC(=O)O)c(OCc2ccccc2Cl)c1. The van der Waals surface area contributed by atoms with Gasteiger partial charge in [-0.15, -0.1) is 0 Å². The van der Waals surface area contributed by atoms with Crippen LogP contribution in [-0.2, 0) is 11.4 Å². The Morgan fingerprint density at radius 2 is 2.05 bits per heavy atom. The van der Waals surface area contributed by atoms with Crippen LogP contribution >= 0.6 is 11.6 Å². The number of halogens is 1. The summed E-state index contributed by atoms with van der Waals surface area (Å²) in [7, 11) is 1.56. The minimum absolute atomic E-state index is 0.279. The minimum Gasteiger partial charge on any atom is -0.497 e. The van der Waals surface area contributed by atoms with E-state index >= 15 is 0 Å². The highest BCUT2D eigenvalue weighted by atomic mass is 35.5. The van der Waals surface area contributed by atoms with E-state index in [-0.39, 0.29) is 6.61 Å². The third kappa shape index (κ3) is 4.27. The number of methoxy groups -OCH3 is 1. The molecule has 0 atom stereocenters. The predicted molar refractivity (Wildman–Crippen MR) is 85.4 cm³/mol. The van der Waals surface area contributed by atoms with Gasteiger partial charge in [-0.25, -0.2) is 4.79 Å². The van der Waals surface area contributed by atoms with Gasteiger partial charge in [0.15, 0.2) is 0 Å². The van der Waals surface area contributed by atoms with Crippen molar-refractivity contribution >= 4 is 23.6 Å². The number of carboxylic acid groups (broad SMARTS) is 1. The van der Waals surface area contributed by atoms with E-state index in [0.29, 0.717) is 22.1 Å². The van der Waals surface area contributed by atoms with E-state index in [9.17, 15) is 4.79 Å². The molecule has 5 heteroatoms. The number of hydrogen-bond donors (Lipinski definition) is 1. The van der Waals surface area contributed by atoms with Crippen molar-refractivity contribution in [2.45, 2.75) is 6.61 Å². The predicted octanol–water partition coefficient (Wildman–Crippen LogP) is 4.03. The van der Waals surface area contributed by atoms with Gasteiger partial charge in [0.25, 0.3) is 0 Å². The number of benzene rings is 2. The van der Waals surface area contributed by atoms with Crippen molar-refractivity contribution in [3.63, 3.8) is 0 Å². The van der Waals surface area contributed by atoms with Crippen LogP contribution in [-0.4, -0.2) is 18.2 Å². The molecular weight excluding hydrogens is 304 g/mol. The lowest BCUT2D eigenvalue weighted by atomic mass is 10.1. The van der Waals surface area contributed by atoms with Crippen LogP contribution in [0.15, 0.2) is 48.5 Å². The summed E-state index contributed by atoms with van der Waals surface area (Å²) < 4.78 is 10.9. The molecule has 2 rings (SSSR count). The van der Waals surface area contributed by atoms with Gasteiger partial charge in [0.1, 0.15) is 18.1 Å². The molecule has 114 valence electrons. The molecule has 1 N–H and O–H groups in total. The maximum Gasteiger partial charge on any atom is 0.328 e. The summed E-state index contributed by atoms with van der Waals surface area (Å²) in [6.07, 6.45) is 2.54. The molecule has 0 heterocycles. The van der Waals surface area contributed by atoms with E-state index in [1.165, 1.54) is 6.08 Å². The maximum absolute atomic E-state index is 10.7. The van der Waals surface area contributed by atoms with Gasteiger partial charge in [-0.1, -0.05) is 29.8 Å². The fourth-order valence-electron chi connectivity index (χ4n) is 1.84. The van der Waals surface area contributed by atoms with E-state index in [1.54, 1.807) is 31.4 Å². The molecule has 0 aliphatic rings. The van der Waals surface area contributed by atoms with E-state index in [2.05, 4.69) is 0 Å². The van der Waals surface area contributed by atoms with Gasteiger partial charge < -0.3 is 14.6 Å². The Balaban J connectivity index is 2.23. The molecule has 2 aromatic rings. The molecule has 0 saturated heterocycles. The van der Waals surface area contributed by atoms with Crippen LogP contribution in [0.2, 0.25) is 5.02 Å². The van der Waals surface area contributed by atoms with Crippen LogP contribution in [0.5, 0.6) is 11.5 Å². The van der Waals surface area contributed by atoms with Gasteiger partial charge in [0.05, 0.1) is 7.11 Å². The van der Waals surface area contributed by atoms with Crippen LogP contribution < -0.4 is 9.47 Å². The van der Waals surface area contributed by atoms with Crippen molar-refractivity contribution in [3.8, 4) is 11.5 Å². The second-order valence-electron chi connectivity index (χ2n) is 4.46. The molecule has 0 bridgehead atoms. The molecule has 4 nitrogen and oxygen atoms in total. The van der Waals surface area contributed by atoms with Gasteiger partial charge in [0, 0.05) is 28.3 Å². The smallest absolute Gasteiger partial charge is 0.328 e. The highest BCUT2D eigenvalue weighted by Gasteiger charge is 2.06. The van der Waals surface area contributed by atoms with Gasteiger partial charge in [-0.2, -0.15) is 0 Å². The van der Waals surface area contributed by atoms with E-state index in [0.717, 1.165) is 11.6 Å². The van der Waals surface area contributed by atoms with Crippen LogP contribution in [0.4, 0.5) is 0 Å². The average Bonchev–Trinajstić information content (AvgIpc) is 2.52. The standard InChI is InChI=1S/C17H15ClO4/c1-21-14-8-6-12(7-9-17(19)20)16(10-14)22-11-13-4-2-3-5-15(13)18/h2-10H,11H2,1H3,(H,19,20). The number of hydrogen-bond acceptors (Lipinski definition) is 3. The maximum atomic E-state index is 10.7. The fraction of sp³-hybridized carbons (Fsp3) is 0.118. The summed E-state index contributed by atoms with van der Waals surface area (Å²) in [5.41, 5.74) is 1.50. The average molecular weight is 319 g/mol. The first-order valence-electron chi connectivity index (χ1n) is 6.55. The molecule has 0 unspecified atom stereocenters. The summed E-state index contributed by atoms with van der Waals surface area (Å²) in [5, 5.41) is 9.36. The first kappa shape index (κ1) is 15.9. The van der Waals surface area contributed by atoms with Crippen molar-refractivity contribution in [2.75, 3.05) is 7.11 Å². The summed E-state index contributed by atoms with van der Waals surface area (Å²) in [5.74, 6) is 0.131. The van der Waals surface area contributed by atoms with E-state index < -0.39 is 5.97 Å². The first-order chi connectivity index (χ1) is 10.6. The van der Waals surface area contributed by atoms with Gasteiger partial charge in [-0.05, 0) is 24.3 Å². The zero-order valence-corrected chi connectivity index (χ0v) is 12.7. The Morgan fingerprint density at radius 1 is 1.27 bits per heavy atom. The number of carboxylic acids is 1. The Bertz CT molecular complexity index is 695. The molecule has 0 fully saturated rings. The molecule has 0 saturated carbocycles. The molecule has 0 radical (unpaired) electrons. The Kier molecular flexibility index (Phi) is 5.44. The second-order valence-corrected chi connectivity index (χ2v) is 4.86. The largest absolute Gasteiger partial charge is 0.497 e. The summed E-state index contributed by atoms with van der Waals surface area (Å²) in [6, 6.07) is 12.6. The van der Waals surface area contributed by atoms with Gasteiger partial charge >= 0.3 is 5.97 Å². The fourth-order valence-corrected chi connectivity index (χ4v) is 2.03. The molecule has 0 aromatic heterocycles. The Hall–Kier alpha value is -2.46. The van der Waals surface area contributed by atoms with Gasteiger partial charge in [0.2, 0.25) is 0 Å². The number of rotatable bonds is 6.